The second kappa shape index (κ2) is 7.36. The van der Waals surface area contributed by atoms with E-state index in [2.05, 4.69) is 0 Å². The molecule has 0 aromatic heterocycles. The Labute approximate surface area is 108 Å². The van der Waals surface area contributed by atoms with E-state index in [1.807, 2.05) is 6.92 Å². The first kappa shape index (κ1) is 15.0. The predicted octanol–water partition coefficient (Wildman–Crippen LogP) is 1.54. The van der Waals surface area contributed by atoms with Crippen LogP contribution in [0.3, 0.4) is 0 Å². The quantitative estimate of drug-likeness (QED) is 0.534. The van der Waals surface area contributed by atoms with Gasteiger partial charge in [0.2, 0.25) is 0 Å². The second-order valence-electron chi connectivity index (χ2n) is 4.39. The number of rotatable bonds is 6. The van der Waals surface area contributed by atoms with E-state index in [0.29, 0.717) is 6.61 Å². The lowest BCUT2D eigenvalue weighted by Gasteiger charge is -2.25. The summed E-state index contributed by atoms with van der Waals surface area (Å²) >= 11 is 0. The van der Waals surface area contributed by atoms with Gasteiger partial charge in [0, 0.05) is 12.5 Å². The Bertz CT molecular complexity index is 265. The highest BCUT2D eigenvalue weighted by atomic mass is 16.6. The minimum Gasteiger partial charge on any atom is -0.465 e. The van der Waals surface area contributed by atoms with Crippen molar-refractivity contribution in [2.75, 3.05) is 19.8 Å². The summed E-state index contributed by atoms with van der Waals surface area (Å²) in [6.45, 7) is 6.48. The molecule has 0 spiro atoms. The fourth-order valence-corrected chi connectivity index (χ4v) is 2.22. The van der Waals surface area contributed by atoms with Crippen LogP contribution in [0.2, 0.25) is 0 Å². The summed E-state index contributed by atoms with van der Waals surface area (Å²) in [6.07, 6.45) is 1.77. The molecule has 5 heteroatoms. The van der Waals surface area contributed by atoms with Crippen molar-refractivity contribution in [2.24, 2.45) is 11.8 Å². The molecule has 0 saturated carbocycles. The van der Waals surface area contributed by atoms with Gasteiger partial charge in [0.25, 0.3) is 0 Å². The van der Waals surface area contributed by atoms with E-state index in [1.165, 1.54) is 0 Å². The molecule has 1 aliphatic heterocycles. The van der Waals surface area contributed by atoms with Crippen LogP contribution in [0.15, 0.2) is 0 Å². The van der Waals surface area contributed by atoms with E-state index in [-0.39, 0.29) is 25.2 Å². The van der Waals surface area contributed by atoms with Gasteiger partial charge in [-0.2, -0.15) is 0 Å². The van der Waals surface area contributed by atoms with Crippen LogP contribution in [-0.4, -0.2) is 37.9 Å². The Morgan fingerprint density at radius 3 is 2.17 bits per heavy atom. The molecule has 0 aliphatic carbocycles. The molecule has 1 heterocycles. The highest BCUT2D eigenvalue weighted by Crippen LogP contribution is 2.27. The third kappa shape index (κ3) is 3.70. The zero-order valence-corrected chi connectivity index (χ0v) is 11.3. The molecule has 1 fully saturated rings. The smallest absolute Gasteiger partial charge is 0.320 e. The summed E-state index contributed by atoms with van der Waals surface area (Å²) in [5, 5.41) is 0. The summed E-state index contributed by atoms with van der Waals surface area (Å²) in [6, 6.07) is 0. The second-order valence-corrected chi connectivity index (χ2v) is 4.39. The van der Waals surface area contributed by atoms with Gasteiger partial charge in [-0.3, -0.25) is 9.59 Å². The molecule has 0 unspecified atom stereocenters. The molecular weight excluding hydrogens is 236 g/mol. The molecule has 1 rings (SSSR count). The van der Waals surface area contributed by atoms with Crippen LogP contribution in [-0.2, 0) is 23.8 Å². The highest BCUT2D eigenvalue weighted by molar-refractivity contribution is 5.95. The molecule has 104 valence electrons. The number of hydrogen-bond donors (Lipinski definition) is 0. The van der Waals surface area contributed by atoms with Crippen molar-refractivity contribution in [1.82, 2.24) is 0 Å². The molecule has 0 amide bonds. The van der Waals surface area contributed by atoms with Crippen molar-refractivity contribution in [1.29, 1.82) is 0 Å². The minimum absolute atomic E-state index is 0.0659. The van der Waals surface area contributed by atoms with Crippen molar-refractivity contribution in [2.45, 2.75) is 39.7 Å². The number of carbonyl (C=O) groups excluding carboxylic acids is 2. The normalized spacial score (nSPS) is 20.8. The van der Waals surface area contributed by atoms with Crippen molar-refractivity contribution in [3.63, 3.8) is 0 Å². The fourth-order valence-electron chi connectivity index (χ4n) is 2.22. The topological polar surface area (TPSA) is 61.8 Å². The van der Waals surface area contributed by atoms with E-state index >= 15 is 0 Å². The van der Waals surface area contributed by atoms with Crippen LogP contribution in [0.1, 0.15) is 33.6 Å². The van der Waals surface area contributed by atoms with Gasteiger partial charge in [-0.15, -0.1) is 0 Å². The molecule has 0 aromatic carbocycles. The summed E-state index contributed by atoms with van der Waals surface area (Å²) in [4.78, 5) is 23.8. The standard InChI is InChI=1S/C13H22O5/c1-4-16-12(14)11(13(15)17-5-2)9(3)10-7-6-8-18-10/h9-11H,4-8H2,1-3H3/t9-,10-/m1/s1. The number of hydrogen-bond acceptors (Lipinski definition) is 5. The molecule has 2 atom stereocenters. The molecule has 1 saturated heterocycles. The van der Waals surface area contributed by atoms with Crippen LogP contribution in [0.5, 0.6) is 0 Å². The summed E-state index contributed by atoms with van der Waals surface area (Å²) in [5.74, 6) is -2.13. The average molecular weight is 258 g/mol. The van der Waals surface area contributed by atoms with Gasteiger partial charge in [0.05, 0.1) is 19.3 Å². The summed E-state index contributed by atoms with van der Waals surface area (Å²) < 4.78 is 15.5. The van der Waals surface area contributed by atoms with Gasteiger partial charge in [0.1, 0.15) is 0 Å². The van der Waals surface area contributed by atoms with E-state index in [9.17, 15) is 9.59 Å². The van der Waals surface area contributed by atoms with Crippen LogP contribution < -0.4 is 0 Å². The van der Waals surface area contributed by atoms with Crippen LogP contribution >= 0.6 is 0 Å². The lowest BCUT2D eigenvalue weighted by Crippen LogP contribution is -2.38. The molecule has 5 nitrogen and oxygen atoms in total. The molecule has 18 heavy (non-hydrogen) atoms. The maximum atomic E-state index is 11.9. The Balaban J connectivity index is 2.74. The molecule has 0 bridgehead atoms. The van der Waals surface area contributed by atoms with Crippen LogP contribution in [0, 0.1) is 11.8 Å². The lowest BCUT2D eigenvalue weighted by molar-refractivity contribution is -0.166. The van der Waals surface area contributed by atoms with E-state index in [4.69, 9.17) is 14.2 Å². The van der Waals surface area contributed by atoms with E-state index < -0.39 is 17.9 Å². The Morgan fingerprint density at radius 1 is 1.22 bits per heavy atom. The Morgan fingerprint density at radius 2 is 1.78 bits per heavy atom. The van der Waals surface area contributed by atoms with E-state index in [0.717, 1.165) is 12.8 Å². The lowest BCUT2D eigenvalue weighted by atomic mass is 9.88. The predicted molar refractivity (Wildman–Crippen MR) is 64.9 cm³/mol. The van der Waals surface area contributed by atoms with Gasteiger partial charge >= 0.3 is 11.9 Å². The van der Waals surface area contributed by atoms with Gasteiger partial charge < -0.3 is 14.2 Å². The van der Waals surface area contributed by atoms with Crippen molar-refractivity contribution in [3.05, 3.63) is 0 Å². The fraction of sp³-hybridized carbons (Fsp3) is 0.846. The van der Waals surface area contributed by atoms with Gasteiger partial charge in [-0.25, -0.2) is 0 Å². The molecule has 0 aromatic rings. The van der Waals surface area contributed by atoms with Crippen molar-refractivity contribution in [3.8, 4) is 0 Å². The first-order chi connectivity index (χ1) is 8.61. The monoisotopic (exact) mass is 258 g/mol. The average Bonchev–Trinajstić information content (AvgIpc) is 2.83. The third-order valence-electron chi connectivity index (χ3n) is 3.16. The molecule has 1 aliphatic rings. The number of esters is 2. The number of carbonyl (C=O) groups is 2. The van der Waals surface area contributed by atoms with Crippen molar-refractivity contribution >= 4 is 11.9 Å². The maximum absolute atomic E-state index is 11.9. The molecule has 0 N–H and O–H groups in total. The maximum Gasteiger partial charge on any atom is 0.320 e. The molecule has 0 radical (unpaired) electrons. The van der Waals surface area contributed by atoms with Gasteiger partial charge in [-0.1, -0.05) is 6.92 Å². The van der Waals surface area contributed by atoms with Crippen LogP contribution in [0.25, 0.3) is 0 Å². The third-order valence-corrected chi connectivity index (χ3v) is 3.16. The van der Waals surface area contributed by atoms with Crippen molar-refractivity contribution < 1.29 is 23.8 Å². The first-order valence-electron chi connectivity index (χ1n) is 6.56. The van der Waals surface area contributed by atoms with E-state index in [1.54, 1.807) is 13.8 Å². The Hall–Kier alpha value is -1.10. The SMILES string of the molecule is CCOC(=O)C(C(=O)OCC)[C@H](C)[C@H]1CCCO1. The summed E-state index contributed by atoms with van der Waals surface area (Å²) in [7, 11) is 0. The first-order valence-corrected chi connectivity index (χ1v) is 6.56. The zero-order chi connectivity index (χ0) is 13.5. The summed E-state index contributed by atoms with van der Waals surface area (Å²) in [5.41, 5.74) is 0. The highest BCUT2D eigenvalue weighted by Gasteiger charge is 2.40. The minimum atomic E-state index is -0.881. The largest absolute Gasteiger partial charge is 0.465 e. The Kier molecular flexibility index (Phi) is 6.12. The van der Waals surface area contributed by atoms with Gasteiger partial charge in [0.15, 0.2) is 5.92 Å². The number of ether oxygens (including phenoxy) is 3. The molecular formula is C13H22O5. The van der Waals surface area contributed by atoms with Crippen LogP contribution in [0.4, 0.5) is 0 Å². The van der Waals surface area contributed by atoms with Gasteiger partial charge in [-0.05, 0) is 26.7 Å². The zero-order valence-electron chi connectivity index (χ0n) is 11.3.